The minimum absolute atomic E-state index is 0.281. The van der Waals surface area contributed by atoms with Crippen LogP contribution >= 0.6 is 0 Å². The van der Waals surface area contributed by atoms with E-state index >= 15 is 0 Å². The molecule has 0 radical (unpaired) electrons. The van der Waals surface area contributed by atoms with Crippen molar-refractivity contribution >= 4 is 5.78 Å². The number of hydrogen-bond acceptors (Lipinski definition) is 2. The lowest BCUT2D eigenvalue weighted by atomic mass is 9.87. The molecule has 3 unspecified atom stereocenters. The second-order valence-corrected chi connectivity index (χ2v) is 6.45. The highest BCUT2D eigenvalue weighted by atomic mass is 16.1. The van der Waals surface area contributed by atoms with E-state index in [9.17, 15) is 4.79 Å². The highest BCUT2D eigenvalue weighted by Crippen LogP contribution is 2.48. The summed E-state index contributed by atoms with van der Waals surface area (Å²) in [6.45, 7) is 5.19. The van der Waals surface area contributed by atoms with Crippen molar-refractivity contribution in [2.45, 2.75) is 45.4 Å². The van der Waals surface area contributed by atoms with E-state index in [0.717, 1.165) is 32.2 Å². The molecule has 3 atom stereocenters. The molecule has 0 amide bonds. The summed E-state index contributed by atoms with van der Waals surface area (Å²) in [7, 11) is 0. The Morgan fingerprint density at radius 2 is 1.95 bits per heavy atom. The summed E-state index contributed by atoms with van der Waals surface area (Å²) in [5, 5.41) is 0. The Balaban J connectivity index is 1.79. The molecule has 1 saturated carbocycles. The van der Waals surface area contributed by atoms with Crippen LogP contribution in [0.25, 0.3) is 0 Å². The van der Waals surface area contributed by atoms with Crippen LogP contribution in [0.5, 0.6) is 0 Å². The maximum absolute atomic E-state index is 12.3. The maximum Gasteiger partial charge on any atom is 0.136 e. The fraction of sp³-hybridized carbons (Fsp3) is 0.611. The number of rotatable bonds is 8. The van der Waals surface area contributed by atoms with Gasteiger partial charge >= 0.3 is 0 Å². The van der Waals surface area contributed by atoms with Gasteiger partial charge in [-0.15, -0.1) is 0 Å². The van der Waals surface area contributed by atoms with Crippen LogP contribution < -0.4 is 5.73 Å². The van der Waals surface area contributed by atoms with Crippen molar-refractivity contribution in [2.24, 2.45) is 23.5 Å². The lowest BCUT2D eigenvalue weighted by molar-refractivity contribution is -0.120. The summed E-state index contributed by atoms with van der Waals surface area (Å²) in [6, 6.07) is 10.4. The van der Waals surface area contributed by atoms with E-state index in [-0.39, 0.29) is 5.92 Å². The number of Topliss-reactive ketones (excluding diaryl/α,β-unsaturated/α-hetero) is 1. The van der Waals surface area contributed by atoms with Crippen LogP contribution in [-0.4, -0.2) is 12.3 Å². The molecule has 1 aromatic carbocycles. The second kappa shape index (κ2) is 7.03. The summed E-state index contributed by atoms with van der Waals surface area (Å²) >= 11 is 0. The third-order valence-corrected chi connectivity index (χ3v) is 4.67. The smallest absolute Gasteiger partial charge is 0.136 e. The number of carbonyl (C=O) groups excluding carboxylic acids is 1. The SMILES string of the molecule is CC(C)C(CCN)CCC(=O)C1CC1c1ccccc1. The van der Waals surface area contributed by atoms with Gasteiger partial charge in [0.05, 0.1) is 0 Å². The molecule has 1 aliphatic rings. The summed E-state index contributed by atoms with van der Waals surface area (Å²) in [5.74, 6) is 2.44. The van der Waals surface area contributed by atoms with Crippen molar-refractivity contribution in [2.75, 3.05) is 6.54 Å². The molecule has 0 heterocycles. The van der Waals surface area contributed by atoms with Gasteiger partial charge in [-0.3, -0.25) is 4.79 Å². The minimum Gasteiger partial charge on any atom is -0.330 e. The third kappa shape index (κ3) is 3.92. The molecule has 2 nitrogen and oxygen atoms in total. The van der Waals surface area contributed by atoms with Crippen molar-refractivity contribution in [1.29, 1.82) is 0 Å². The van der Waals surface area contributed by atoms with Crippen molar-refractivity contribution < 1.29 is 4.79 Å². The highest BCUT2D eigenvalue weighted by molar-refractivity contribution is 5.85. The first-order valence-corrected chi connectivity index (χ1v) is 7.91. The lowest BCUT2D eigenvalue weighted by Gasteiger charge is -2.19. The van der Waals surface area contributed by atoms with E-state index < -0.39 is 0 Å². The Labute approximate surface area is 122 Å². The fourth-order valence-electron chi connectivity index (χ4n) is 3.16. The van der Waals surface area contributed by atoms with Gasteiger partial charge in [-0.1, -0.05) is 44.2 Å². The molecule has 2 N–H and O–H groups in total. The van der Waals surface area contributed by atoms with Gasteiger partial charge in [-0.25, -0.2) is 0 Å². The van der Waals surface area contributed by atoms with Gasteiger partial charge in [0.1, 0.15) is 5.78 Å². The average molecular weight is 273 g/mol. The van der Waals surface area contributed by atoms with Gasteiger partial charge in [0, 0.05) is 12.3 Å². The molecule has 1 aromatic rings. The second-order valence-electron chi connectivity index (χ2n) is 6.45. The Hall–Kier alpha value is -1.15. The van der Waals surface area contributed by atoms with Crippen molar-refractivity contribution in [3.05, 3.63) is 35.9 Å². The fourth-order valence-corrected chi connectivity index (χ4v) is 3.16. The zero-order valence-corrected chi connectivity index (χ0v) is 12.7. The van der Waals surface area contributed by atoms with Crippen LogP contribution in [0.4, 0.5) is 0 Å². The van der Waals surface area contributed by atoms with Gasteiger partial charge < -0.3 is 5.73 Å². The highest BCUT2D eigenvalue weighted by Gasteiger charge is 2.43. The average Bonchev–Trinajstić information content (AvgIpc) is 3.24. The molecule has 2 rings (SSSR count). The Kier molecular flexibility index (Phi) is 5.36. The predicted octanol–water partition coefficient (Wildman–Crippen LogP) is 3.76. The van der Waals surface area contributed by atoms with Crippen LogP contribution in [0, 0.1) is 17.8 Å². The van der Waals surface area contributed by atoms with Crippen molar-refractivity contribution in [3.63, 3.8) is 0 Å². The topological polar surface area (TPSA) is 43.1 Å². The van der Waals surface area contributed by atoms with E-state index in [1.165, 1.54) is 5.56 Å². The van der Waals surface area contributed by atoms with Gasteiger partial charge in [-0.05, 0) is 49.1 Å². The van der Waals surface area contributed by atoms with E-state index in [2.05, 4.69) is 38.1 Å². The summed E-state index contributed by atoms with van der Waals surface area (Å²) in [6.07, 6.45) is 3.83. The standard InChI is InChI=1S/C18H27NO/c1-13(2)14(10-11-19)8-9-18(20)17-12-16(17)15-6-4-3-5-7-15/h3-7,13-14,16-17H,8-12,19H2,1-2H3. The molecular weight excluding hydrogens is 246 g/mol. The number of benzene rings is 1. The van der Waals surface area contributed by atoms with E-state index in [1.54, 1.807) is 0 Å². The largest absolute Gasteiger partial charge is 0.330 e. The van der Waals surface area contributed by atoms with Crippen molar-refractivity contribution in [3.8, 4) is 0 Å². The van der Waals surface area contributed by atoms with E-state index in [0.29, 0.717) is 23.5 Å². The Morgan fingerprint density at radius 1 is 1.25 bits per heavy atom. The van der Waals surface area contributed by atoms with Crippen LogP contribution in [0.3, 0.4) is 0 Å². The van der Waals surface area contributed by atoms with Crippen LogP contribution in [-0.2, 0) is 4.79 Å². The first kappa shape index (κ1) is 15.2. The van der Waals surface area contributed by atoms with Gasteiger partial charge in [0.15, 0.2) is 0 Å². The first-order valence-electron chi connectivity index (χ1n) is 7.91. The molecule has 20 heavy (non-hydrogen) atoms. The molecule has 0 aromatic heterocycles. The zero-order valence-electron chi connectivity index (χ0n) is 12.7. The van der Waals surface area contributed by atoms with Crippen LogP contribution in [0.2, 0.25) is 0 Å². The molecule has 110 valence electrons. The maximum atomic E-state index is 12.3. The molecule has 0 aliphatic heterocycles. The normalized spacial score (nSPS) is 22.8. The van der Waals surface area contributed by atoms with Crippen LogP contribution in [0.1, 0.15) is 51.0 Å². The summed E-state index contributed by atoms with van der Waals surface area (Å²) in [5.41, 5.74) is 6.99. The summed E-state index contributed by atoms with van der Waals surface area (Å²) < 4.78 is 0. The molecule has 1 aliphatic carbocycles. The molecule has 2 heteroatoms. The zero-order chi connectivity index (χ0) is 14.5. The number of nitrogens with two attached hydrogens (primary N) is 1. The number of ketones is 1. The number of carbonyl (C=O) groups is 1. The first-order chi connectivity index (χ1) is 9.63. The van der Waals surface area contributed by atoms with Crippen LogP contribution in [0.15, 0.2) is 30.3 Å². The molecule has 0 spiro atoms. The molecule has 0 saturated heterocycles. The minimum atomic E-state index is 0.281. The Morgan fingerprint density at radius 3 is 2.55 bits per heavy atom. The number of hydrogen-bond donors (Lipinski definition) is 1. The van der Waals surface area contributed by atoms with E-state index in [1.807, 2.05) is 6.07 Å². The Bertz CT molecular complexity index is 426. The third-order valence-electron chi connectivity index (χ3n) is 4.67. The monoisotopic (exact) mass is 273 g/mol. The molecule has 0 bridgehead atoms. The lowest BCUT2D eigenvalue weighted by Crippen LogP contribution is -2.16. The van der Waals surface area contributed by atoms with E-state index in [4.69, 9.17) is 5.73 Å². The molecular formula is C18H27NO. The summed E-state index contributed by atoms with van der Waals surface area (Å²) in [4.78, 5) is 12.3. The van der Waals surface area contributed by atoms with Crippen molar-refractivity contribution in [1.82, 2.24) is 0 Å². The van der Waals surface area contributed by atoms with Gasteiger partial charge in [-0.2, -0.15) is 0 Å². The van der Waals surface area contributed by atoms with Gasteiger partial charge in [0.25, 0.3) is 0 Å². The van der Waals surface area contributed by atoms with Gasteiger partial charge in [0.2, 0.25) is 0 Å². The quantitative estimate of drug-likeness (QED) is 0.783. The predicted molar refractivity (Wildman–Crippen MR) is 83.5 cm³/mol. The molecule has 1 fully saturated rings.